The molecule has 0 saturated heterocycles. The first kappa shape index (κ1) is 28.9. The van der Waals surface area contributed by atoms with E-state index in [1.54, 1.807) is 0 Å². The molecule has 0 fully saturated rings. The van der Waals surface area contributed by atoms with E-state index in [2.05, 4.69) is 91.2 Å². The molecule has 1 unspecified atom stereocenters. The van der Waals surface area contributed by atoms with Crippen LogP contribution in [0.25, 0.3) is 0 Å². The molecule has 1 aromatic rings. The molecule has 0 radical (unpaired) electrons. The first-order chi connectivity index (χ1) is 12.3. The van der Waals surface area contributed by atoms with Gasteiger partial charge in [-0.15, -0.1) is 0 Å². The number of halogens is 1. The first-order valence-corrected chi connectivity index (χ1v) is 12.3. The quantitative estimate of drug-likeness (QED) is 0.169. The van der Waals surface area contributed by atoms with Crippen LogP contribution in [-0.2, 0) is 0 Å². The lowest BCUT2D eigenvalue weighted by Gasteiger charge is -2.20. The van der Waals surface area contributed by atoms with Gasteiger partial charge in [0.15, 0.2) is 0 Å². The summed E-state index contributed by atoms with van der Waals surface area (Å²) in [6, 6.07) is 10.6. The smallest absolute Gasteiger partial charge is 0.0121 e. The predicted octanol–water partition coefficient (Wildman–Crippen LogP) is 8.63. The Balaban J connectivity index is -0.000000725. The molecule has 0 spiro atoms. The van der Waals surface area contributed by atoms with Crippen molar-refractivity contribution in [1.82, 2.24) is 0 Å². The molecule has 0 amide bonds. The van der Waals surface area contributed by atoms with Crippen LogP contribution in [0, 0.1) is 0 Å². The molecule has 25 heavy (non-hydrogen) atoms. The standard InChI is InChI=1S/C18H21P.2C2H6.CH3I/c1-5-12-16(7-3)19(17(8-4)13-6-2)18-14-10-9-11-15-18;3*1-2/h5-15H,1,3H2,2,4H3;2*1-2H3;1H3/b13-6-,16-12+,17-8+;;;. The van der Waals surface area contributed by atoms with Gasteiger partial charge < -0.3 is 0 Å². The lowest BCUT2D eigenvalue weighted by molar-refractivity contribution is 1.50. The molecule has 0 aliphatic rings. The second-order valence-electron chi connectivity index (χ2n) is 3.92. The first-order valence-electron chi connectivity index (χ1n) is 8.75. The number of alkyl halides is 1. The van der Waals surface area contributed by atoms with Gasteiger partial charge >= 0.3 is 0 Å². The van der Waals surface area contributed by atoms with Crippen molar-refractivity contribution in [1.29, 1.82) is 0 Å². The Morgan fingerprint density at radius 1 is 0.920 bits per heavy atom. The molecule has 140 valence electrons. The van der Waals surface area contributed by atoms with Crippen LogP contribution in [-0.4, -0.2) is 4.93 Å². The maximum Gasteiger partial charge on any atom is -0.0121 e. The van der Waals surface area contributed by atoms with Crippen molar-refractivity contribution in [2.45, 2.75) is 41.5 Å². The van der Waals surface area contributed by atoms with Crippen LogP contribution in [0.5, 0.6) is 0 Å². The Labute approximate surface area is 172 Å². The molecule has 1 atom stereocenters. The fraction of sp³-hybridized carbons (Fsp3) is 0.304. The Morgan fingerprint density at radius 3 is 1.80 bits per heavy atom. The average molecular weight is 470 g/mol. The summed E-state index contributed by atoms with van der Waals surface area (Å²) >= 11 is 2.15. The minimum absolute atomic E-state index is 0.548. The predicted molar refractivity (Wildman–Crippen MR) is 133 cm³/mol. The summed E-state index contributed by atoms with van der Waals surface area (Å²) in [5.74, 6) is 0. The molecule has 0 heterocycles. The topological polar surface area (TPSA) is 0 Å². The highest BCUT2D eigenvalue weighted by molar-refractivity contribution is 14.1. The number of allylic oxidation sites excluding steroid dienone is 8. The Kier molecular flexibility index (Phi) is 26.6. The van der Waals surface area contributed by atoms with Gasteiger partial charge in [0.05, 0.1) is 0 Å². The zero-order valence-electron chi connectivity index (χ0n) is 17.1. The zero-order chi connectivity index (χ0) is 20.1. The van der Waals surface area contributed by atoms with Crippen LogP contribution in [0.3, 0.4) is 0 Å². The summed E-state index contributed by atoms with van der Waals surface area (Å²) in [5, 5.41) is 3.89. The summed E-state index contributed by atoms with van der Waals surface area (Å²) in [6.07, 6.45) is 12.3. The molecule has 0 nitrogen and oxygen atoms in total. The van der Waals surface area contributed by atoms with Crippen molar-refractivity contribution in [2.75, 3.05) is 4.93 Å². The van der Waals surface area contributed by atoms with E-state index < -0.39 is 7.92 Å². The third-order valence-corrected chi connectivity index (χ3v) is 5.25. The molecule has 1 aromatic carbocycles. The van der Waals surface area contributed by atoms with Gasteiger partial charge in [0, 0.05) is 0 Å². The molecule has 0 aromatic heterocycles. The van der Waals surface area contributed by atoms with E-state index in [4.69, 9.17) is 0 Å². The van der Waals surface area contributed by atoms with Gasteiger partial charge in [-0.3, -0.25) is 0 Å². The second-order valence-corrected chi connectivity index (χ2v) is 6.14. The second kappa shape index (κ2) is 23.1. The fourth-order valence-corrected chi connectivity index (χ4v) is 4.21. The van der Waals surface area contributed by atoms with E-state index in [9.17, 15) is 0 Å². The monoisotopic (exact) mass is 470 g/mol. The van der Waals surface area contributed by atoms with Crippen molar-refractivity contribution in [3.05, 3.63) is 90.6 Å². The maximum atomic E-state index is 3.95. The van der Waals surface area contributed by atoms with E-state index in [1.807, 2.05) is 57.8 Å². The highest BCUT2D eigenvalue weighted by Crippen LogP contribution is 2.52. The van der Waals surface area contributed by atoms with Crippen LogP contribution >= 0.6 is 30.5 Å². The fourth-order valence-electron chi connectivity index (χ4n) is 1.85. The summed E-state index contributed by atoms with van der Waals surface area (Å²) in [5.41, 5.74) is 0. The van der Waals surface area contributed by atoms with E-state index >= 15 is 0 Å². The van der Waals surface area contributed by atoms with Crippen LogP contribution in [0.2, 0.25) is 0 Å². The molecule has 0 saturated carbocycles. The van der Waals surface area contributed by atoms with Gasteiger partial charge in [0.2, 0.25) is 0 Å². The molecule has 0 aliphatic heterocycles. The summed E-state index contributed by atoms with van der Waals surface area (Å²) in [4.78, 5) is 1.97. The average Bonchev–Trinajstić information content (AvgIpc) is 2.72. The highest BCUT2D eigenvalue weighted by Gasteiger charge is 2.16. The molecule has 0 bridgehead atoms. The lowest BCUT2D eigenvalue weighted by atomic mass is 10.4. The molecular formula is C23H36IP. The van der Waals surface area contributed by atoms with Crippen molar-refractivity contribution in [2.24, 2.45) is 0 Å². The normalized spacial score (nSPS) is 11.7. The van der Waals surface area contributed by atoms with E-state index in [0.717, 1.165) is 0 Å². The van der Waals surface area contributed by atoms with Crippen LogP contribution < -0.4 is 5.30 Å². The van der Waals surface area contributed by atoms with Crippen LogP contribution in [0.15, 0.2) is 90.6 Å². The summed E-state index contributed by atoms with van der Waals surface area (Å²) in [7, 11) is -0.548. The van der Waals surface area contributed by atoms with E-state index in [0.29, 0.717) is 0 Å². The highest BCUT2D eigenvalue weighted by atomic mass is 127. The Bertz CT molecular complexity index is 510. The van der Waals surface area contributed by atoms with Crippen molar-refractivity contribution >= 4 is 35.8 Å². The van der Waals surface area contributed by atoms with Crippen molar-refractivity contribution < 1.29 is 0 Å². The number of hydrogen-bond donors (Lipinski definition) is 0. The van der Waals surface area contributed by atoms with Crippen LogP contribution in [0.4, 0.5) is 0 Å². The number of benzene rings is 1. The minimum Gasteiger partial charge on any atom is -0.0990 e. The summed E-state index contributed by atoms with van der Waals surface area (Å²) < 4.78 is 0. The molecular weight excluding hydrogens is 434 g/mol. The SMILES string of the molecule is C=C/C=C(\C=C)P(C(/C=C\C)=C/C)c1ccccc1.CC.CC.CI. The Morgan fingerprint density at radius 2 is 1.44 bits per heavy atom. The molecule has 0 N–H and O–H groups in total. The summed E-state index contributed by atoms with van der Waals surface area (Å²) in [6.45, 7) is 19.9. The van der Waals surface area contributed by atoms with Gasteiger partial charge in [-0.05, 0) is 42.6 Å². The third-order valence-electron chi connectivity index (χ3n) is 2.66. The van der Waals surface area contributed by atoms with Gasteiger partial charge in [-0.2, -0.15) is 0 Å². The van der Waals surface area contributed by atoms with Gasteiger partial charge in [0.1, 0.15) is 0 Å². The Hall–Kier alpha value is -0.920. The number of rotatable bonds is 6. The van der Waals surface area contributed by atoms with Gasteiger partial charge in [0.25, 0.3) is 0 Å². The van der Waals surface area contributed by atoms with E-state index in [-0.39, 0.29) is 0 Å². The van der Waals surface area contributed by atoms with Crippen molar-refractivity contribution in [3.8, 4) is 0 Å². The van der Waals surface area contributed by atoms with Crippen molar-refractivity contribution in [3.63, 3.8) is 0 Å². The lowest BCUT2D eigenvalue weighted by Crippen LogP contribution is -2.02. The molecule has 1 rings (SSSR count). The largest absolute Gasteiger partial charge is 0.0990 e. The number of hydrogen-bond acceptors (Lipinski definition) is 0. The van der Waals surface area contributed by atoms with Crippen LogP contribution in [0.1, 0.15) is 41.5 Å². The molecule has 2 heteroatoms. The third kappa shape index (κ3) is 12.1. The zero-order valence-corrected chi connectivity index (χ0v) is 20.1. The minimum atomic E-state index is -0.548. The molecule has 0 aliphatic carbocycles. The van der Waals surface area contributed by atoms with Gasteiger partial charge in [-0.25, -0.2) is 0 Å². The van der Waals surface area contributed by atoms with Gasteiger partial charge in [-0.1, -0.05) is 130 Å². The maximum absolute atomic E-state index is 3.95. The van der Waals surface area contributed by atoms with E-state index in [1.165, 1.54) is 15.9 Å².